The largest absolute Gasteiger partial charge is 0.489 e. The molecule has 2 aromatic carbocycles. The minimum Gasteiger partial charge on any atom is -0.489 e. The summed E-state index contributed by atoms with van der Waals surface area (Å²) in [4.78, 5) is 35.3. The second-order valence-electron chi connectivity index (χ2n) is 9.94. The van der Waals surface area contributed by atoms with Crippen molar-refractivity contribution in [2.75, 3.05) is 46.0 Å². The molecule has 9 nitrogen and oxygen atoms in total. The standard InChI is InChI=1S/C31H36N4O5S/c1-3-39-30(37)28-22(2)33-31-35(25(21-41-31)19-27(36)32-12-13-34-14-16-38-17-15-34)29(28)24-10-7-11-26(18-24)40-20-23-8-5-4-6-9-23/h4-11,18,21,29H,3,12-17,19-20H2,1-2H3,(H,32,36)/t29-/m1/s1. The van der Waals surface area contributed by atoms with Crippen molar-refractivity contribution >= 4 is 28.8 Å². The van der Waals surface area contributed by atoms with Crippen LogP contribution in [-0.4, -0.2) is 72.8 Å². The van der Waals surface area contributed by atoms with Crippen LogP contribution in [0.5, 0.6) is 5.75 Å². The van der Waals surface area contributed by atoms with Crippen LogP contribution in [0.4, 0.5) is 0 Å². The first-order valence-corrected chi connectivity index (χ1v) is 14.9. The van der Waals surface area contributed by atoms with E-state index in [2.05, 4.69) is 10.2 Å². The highest BCUT2D eigenvalue weighted by Gasteiger charge is 2.41. The molecular formula is C31H36N4O5S. The third-order valence-corrected chi connectivity index (χ3v) is 8.00. The maximum absolute atomic E-state index is 13.3. The third kappa shape index (κ3) is 7.19. The van der Waals surface area contributed by atoms with Crippen molar-refractivity contribution in [2.45, 2.75) is 32.9 Å². The fourth-order valence-electron chi connectivity index (χ4n) is 5.08. The lowest BCUT2D eigenvalue weighted by Crippen LogP contribution is -2.42. The Morgan fingerprint density at radius 1 is 1.12 bits per heavy atom. The van der Waals surface area contributed by atoms with Gasteiger partial charge in [-0.3, -0.25) is 9.69 Å². The summed E-state index contributed by atoms with van der Waals surface area (Å²) < 4.78 is 17.0. The number of hydrogen-bond donors (Lipinski definition) is 1. The fraction of sp³-hybridized carbons (Fsp3) is 0.387. The molecule has 0 bridgehead atoms. The van der Waals surface area contributed by atoms with E-state index in [1.165, 1.54) is 11.8 Å². The Labute approximate surface area is 245 Å². The Hall–Kier alpha value is -3.60. The van der Waals surface area contributed by atoms with E-state index in [1.807, 2.05) is 71.8 Å². The molecule has 216 valence electrons. The van der Waals surface area contributed by atoms with Gasteiger partial charge in [0.05, 0.1) is 43.6 Å². The Bertz CT molecular complexity index is 1340. The van der Waals surface area contributed by atoms with Gasteiger partial charge in [0, 0.05) is 31.9 Å². The zero-order valence-corrected chi connectivity index (χ0v) is 24.3. The van der Waals surface area contributed by atoms with Gasteiger partial charge in [0.25, 0.3) is 0 Å². The highest BCUT2D eigenvalue weighted by molar-refractivity contribution is 8.16. The van der Waals surface area contributed by atoms with Crippen molar-refractivity contribution in [2.24, 2.45) is 4.99 Å². The number of allylic oxidation sites excluding steroid dienone is 1. The number of carbonyl (C=O) groups excluding carboxylic acids is 2. The highest BCUT2D eigenvalue weighted by atomic mass is 32.2. The zero-order valence-electron chi connectivity index (χ0n) is 23.5. The van der Waals surface area contributed by atoms with Crippen molar-refractivity contribution in [1.29, 1.82) is 0 Å². The lowest BCUT2D eigenvalue weighted by atomic mass is 9.93. The third-order valence-electron chi connectivity index (χ3n) is 7.11. The van der Waals surface area contributed by atoms with E-state index in [-0.39, 0.29) is 18.9 Å². The van der Waals surface area contributed by atoms with Gasteiger partial charge in [0.2, 0.25) is 5.91 Å². The monoisotopic (exact) mass is 576 g/mol. The van der Waals surface area contributed by atoms with E-state index >= 15 is 0 Å². The molecule has 3 heterocycles. The Kier molecular flexibility index (Phi) is 9.76. The number of amidine groups is 1. The average Bonchev–Trinajstić information content (AvgIpc) is 3.38. The summed E-state index contributed by atoms with van der Waals surface area (Å²) >= 11 is 1.46. The second kappa shape index (κ2) is 13.8. The molecule has 1 fully saturated rings. The minimum atomic E-state index is -0.510. The van der Waals surface area contributed by atoms with Gasteiger partial charge >= 0.3 is 5.97 Å². The molecular weight excluding hydrogens is 540 g/mol. The van der Waals surface area contributed by atoms with E-state index in [0.717, 1.165) is 54.8 Å². The molecule has 2 aromatic rings. The zero-order chi connectivity index (χ0) is 28.6. The maximum atomic E-state index is 13.3. The van der Waals surface area contributed by atoms with Gasteiger partial charge < -0.3 is 24.4 Å². The number of amides is 1. The van der Waals surface area contributed by atoms with Gasteiger partial charge in [-0.1, -0.05) is 54.2 Å². The molecule has 3 aliphatic rings. The molecule has 1 N–H and O–H groups in total. The summed E-state index contributed by atoms with van der Waals surface area (Å²) in [6.07, 6.45) is 0.172. The average molecular weight is 577 g/mol. The van der Waals surface area contributed by atoms with Crippen LogP contribution in [0.3, 0.4) is 0 Å². The van der Waals surface area contributed by atoms with Crippen molar-refractivity contribution in [3.63, 3.8) is 0 Å². The highest BCUT2D eigenvalue weighted by Crippen LogP contribution is 2.45. The van der Waals surface area contributed by atoms with Crippen molar-refractivity contribution < 1.29 is 23.8 Å². The SMILES string of the molecule is CCOC(=O)C1=C(C)N=C2SC=C(CC(=O)NCCN3CCOCC3)N2[C@@H]1c1cccc(OCc2ccccc2)c1. The normalized spacial score (nSPS) is 18.9. The van der Waals surface area contributed by atoms with Gasteiger partial charge in [-0.2, -0.15) is 0 Å². The molecule has 0 saturated carbocycles. The number of carbonyl (C=O) groups is 2. The Balaban J connectivity index is 1.35. The van der Waals surface area contributed by atoms with Crippen LogP contribution in [-0.2, 0) is 25.7 Å². The number of rotatable bonds is 11. The molecule has 1 saturated heterocycles. The maximum Gasteiger partial charge on any atom is 0.338 e. The van der Waals surface area contributed by atoms with Gasteiger partial charge in [-0.15, -0.1) is 0 Å². The number of aliphatic imine (C=N–C) groups is 1. The molecule has 5 rings (SSSR count). The number of ether oxygens (including phenoxy) is 3. The van der Waals surface area contributed by atoms with Crippen molar-refractivity contribution in [3.8, 4) is 5.75 Å². The van der Waals surface area contributed by atoms with Crippen LogP contribution in [0, 0.1) is 0 Å². The van der Waals surface area contributed by atoms with Gasteiger partial charge in [-0.25, -0.2) is 9.79 Å². The van der Waals surface area contributed by atoms with E-state index in [0.29, 0.717) is 30.2 Å². The van der Waals surface area contributed by atoms with Crippen molar-refractivity contribution in [3.05, 3.63) is 88.1 Å². The first kappa shape index (κ1) is 28.9. The predicted molar refractivity (Wildman–Crippen MR) is 159 cm³/mol. The first-order valence-electron chi connectivity index (χ1n) is 14.0. The fourth-order valence-corrected chi connectivity index (χ4v) is 6.04. The Morgan fingerprint density at radius 2 is 1.93 bits per heavy atom. The summed E-state index contributed by atoms with van der Waals surface area (Å²) in [7, 11) is 0. The summed E-state index contributed by atoms with van der Waals surface area (Å²) in [6.45, 7) is 8.86. The molecule has 0 radical (unpaired) electrons. The van der Waals surface area contributed by atoms with E-state index < -0.39 is 12.0 Å². The van der Waals surface area contributed by atoms with Gasteiger partial charge in [-0.05, 0) is 42.5 Å². The summed E-state index contributed by atoms with van der Waals surface area (Å²) in [5.41, 5.74) is 3.76. The Morgan fingerprint density at radius 3 is 2.71 bits per heavy atom. The van der Waals surface area contributed by atoms with E-state index in [9.17, 15) is 9.59 Å². The minimum absolute atomic E-state index is 0.0750. The van der Waals surface area contributed by atoms with Gasteiger partial charge in [0.15, 0.2) is 5.17 Å². The van der Waals surface area contributed by atoms with E-state index in [1.54, 1.807) is 6.92 Å². The molecule has 1 amide bonds. The first-order chi connectivity index (χ1) is 20.0. The van der Waals surface area contributed by atoms with Gasteiger partial charge in [0.1, 0.15) is 12.4 Å². The molecule has 0 spiro atoms. The predicted octanol–water partition coefficient (Wildman–Crippen LogP) is 4.24. The van der Waals surface area contributed by atoms with Crippen LogP contribution >= 0.6 is 11.8 Å². The van der Waals surface area contributed by atoms with Crippen LogP contribution in [0.1, 0.15) is 37.4 Å². The van der Waals surface area contributed by atoms with Crippen LogP contribution < -0.4 is 10.1 Å². The number of thioether (sulfide) groups is 1. The van der Waals surface area contributed by atoms with Crippen LogP contribution in [0.2, 0.25) is 0 Å². The summed E-state index contributed by atoms with van der Waals surface area (Å²) in [5.74, 6) is 0.197. The summed E-state index contributed by atoms with van der Waals surface area (Å²) in [5, 5.41) is 5.73. The lowest BCUT2D eigenvalue weighted by molar-refractivity contribution is -0.139. The van der Waals surface area contributed by atoms with Crippen molar-refractivity contribution in [1.82, 2.24) is 15.1 Å². The number of nitrogens with one attached hydrogen (secondary N) is 1. The topological polar surface area (TPSA) is 92.7 Å². The summed E-state index contributed by atoms with van der Waals surface area (Å²) in [6, 6.07) is 17.2. The lowest BCUT2D eigenvalue weighted by Gasteiger charge is -2.36. The molecule has 0 unspecified atom stereocenters. The van der Waals surface area contributed by atoms with Crippen LogP contribution in [0.25, 0.3) is 0 Å². The van der Waals surface area contributed by atoms with Crippen LogP contribution in [0.15, 0.2) is 82.0 Å². The number of nitrogens with zero attached hydrogens (tertiary/aromatic N) is 3. The smallest absolute Gasteiger partial charge is 0.338 e. The number of hydrogen-bond acceptors (Lipinski definition) is 9. The molecule has 0 aromatic heterocycles. The molecule has 1 atom stereocenters. The molecule has 41 heavy (non-hydrogen) atoms. The van der Waals surface area contributed by atoms with E-state index in [4.69, 9.17) is 19.2 Å². The molecule has 0 aliphatic carbocycles. The number of morpholine rings is 1. The molecule has 10 heteroatoms. The molecule has 3 aliphatic heterocycles. The number of benzene rings is 2. The quantitative estimate of drug-likeness (QED) is 0.397. The number of esters is 1. The second-order valence-corrected chi connectivity index (χ2v) is 10.8. The number of fused-ring (bicyclic) bond motifs is 1.